The van der Waals surface area contributed by atoms with Crippen LogP contribution >= 0.6 is 0 Å². The summed E-state index contributed by atoms with van der Waals surface area (Å²) in [6.45, 7) is 4.63. The Morgan fingerprint density at radius 3 is 2.71 bits per heavy atom. The summed E-state index contributed by atoms with van der Waals surface area (Å²) in [6, 6.07) is -0.125. The summed E-state index contributed by atoms with van der Waals surface area (Å²) in [7, 11) is 0. The second-order valence-electron chi connectivity index (χ2n) is 6.63. The van der Waals surface area contributed by atoms with Crippen molar-refractivity contribution >= 4 is 17.0 Å². The van der Waals surface area contributed by atoms with Crippen LogP contribution in [0.3, 0.4) is 0 Å². The van der Waals surface area contributed by atoms with Crippen LogP contribution in [0.4, 0.5) is 5.82 Å². The van der Waals surface area contributed by atoms with Crippen molar-refractivity contribution in [1.82, 2.24) is 19.5 Å². The SMILES string of the molecule is CCCn1c(=O)nc(NC(CC)CO)c2[nH]c(C3CCCC3)nc21. The Morgan fingerprint density at radius 1 is 1.33 bits per heavy atom. The molecule has 1 unspecified atom stereocenters. The summed E-state index contributed by atoms with van der Waals surface area (Å²) >= 11 is 0. The topological polar surface area (TPSA) is 95.8 Å². The number of nitrogens with one attached hydrogen (secondary N) is 2. The Morgan fingerprint density at radius 2 is 2.08 bits per heavy atom. The molecule has 0 aromatic carbocycles. The molecular formula is C17H27N5O2. The zero-order valence-electron chi connectivity index (χ0n) is 14.5. The number of aromatic nitrogens is 4. The van der Waals surface area contributed by atoms with Gasteiger partial charge >= 0.3 is 5.69 Å². The number of anilines is 1. The second-order valence-corrected chi connectivity index (χ2v) is 6.63. The molecule has 7 heteroatoms. The van der Waals surface area contributed by atoms with Gasteiger partial charge in [-0.2, -0.15) is 4.98 Å². The first-order valence-electron chi connectivity index (χ1n) is 9.05. The molecule has 0 aliphatic heterocycles. The lowest BCUT2D eigenvalue weighted by Crippen LogP contribution is -2.29. The van der Waals surface area contributed by atoms with Crippen molar-refractivity contribution < 1.29 is 5.11 Å². The molecule has 2 aromatic heterocycles. The molecule has 1 aliphatic carbocycles. The molecule has 132 valence electrons. The molecule has 24 heavy (non-hydrogen) atoms. The van der Waals surface area contributed by atoms with E-state index in [9.17, 15) is 9.90 Å². The molecule has 0 saturated heterocycles. The van der Waals surface area contributed by atoms with Gasteiger partial charge in [-0.3, -0.25) is 4.57 Å². The maximum absolute atomic E-state index is 12.4. The highest BCUT2D eigenvalue weighted by Crippen LogP contribution is 2.34. The highest BCUT2D eigenvalue weighted by Gasteiger charge is 2.23. The number of aryl methyl sites for hydroxylation is 1. The van der Waals surface area contributed by atoms with E-state index in [1.807, 2.05) is 13.8 Å². The van der Waals surface area contributed by atoms with Crippen LogP contribution in [0.2, 0.25) is 0 Å². The number of aromatic amines is 1. The van der Waals surface area contributed by atoms with Gasteiger partial charge in [0.1, 0.15) is 11.3 Å². The Balaban J connectivity index is 2.10. The molecule has 0 spiro atoms. The van der Waals surface area contributed by atoms with Gasteiger partial charge in [-0.05, 0) is 25.7 Å². The first-order valence-corrected chi connectivity index (χ1v) is 9.05. The molecule has 2 aromatic rings. The van der Waals surface area contributed by atoms with Crippen LogP contribution < -0.4 is 11.0 Å². The van der Waals surface area contributed by atoms with E-state index in [4.69, 9.17) is 4.98 Å². The third-order valence-corrected chi connectivity index (χ3v) is 4.88. The van der Waals surface area contributed by atoms with Crippen LogP contribution in [0.1, 0.15) is 64.1 Å². The van der Waals surface area contributed by atoms with Crippen molar-refractivity contribution in [2.45, 2.75) is 70.9 Å². The zero-order chi connectivity index (χ0) is 17.1. The lowest BCUT2D eigenvalue weighted by atomic mass is 10.1. The molecule has 7 nitrogen and oxygen atoms in total. The van der Waals surface area contributed by atoms with E-state index in [1.54, 1.807) is 4.57 Å². The average Bonchev–Trinajstić information content (AvgIpc) is 3.24. The van der Waals surface area contributed by atoms with Gasteiger partial charge in [0, 0.05) is 12.5 Å². The smallest absolute Gasteiger partial charge is 0.351 e. The van der Waals surface area contributed by atoms with Gasteiger partial charge in [0.2, 0.25) is 0 Å². The number of hydrogen-bond donors (Lipinski definition) is 3. The Labute approximate surface area is 141 Å². The Hall–Kier alpha value is -1.89. The van der Waals surface area contributed by atoms with E-state index in [2.05, 4.69) is 15.3 Å². The largest absolute Gasteiger partial charge is 0.394 e. The third kappa shape index (κ3) is 3.17. The fourth-order valence-corrected chi connectivity index (χ4v) is 3.44. The number of nitrogens with zero attached hydrogens (tertiary/aromatic N) is 3. The summed E-state index contributed by atoms with van der Waals surface area (Å²) in [5.41, 5.74) is 1.16. The van der Waals surface area contributed by atoms with Crippen LogP contribution in [0.15, 0.2) is 4.79 Å². The summed E-state index contributed by atoms with van der Waals surface area (Å²) in [5, 5.41) is 12.6. The maximum Gasteiger partial charge on any atom is 0.351 e. The Bertz CT molecular complexity index is 741. The number of hydrogen-bond acceptors (Lipinski definition) is 5. The van der Waals surface area contributed by atoms with Gasteiger partial charge in [-0.1, -0.05) is 26.7 Å². The summed E-state index contributed by atoms with van der Waals surface area (Å²) in [6.07, 6.45) is 6.35. The molecule has 0 amide bonds. The van der Waals surface area contributed by atoms with Gasteiger partial charge in [-0.15, -0.1) is 0 Å². The lowest BCUT2D eigenvalue weighted by molar-refractivity contribution is 0.271. The minimum Gasteiger partial charge on any atom is -0.394 e. The van der Waals surface area contributed by atoms with Gasteiger partial charge < -0.3 is 15.4 Å². The van der Waals surface area contributed by atoms with Gasteiger partial charge in [0.05, 0.1) is 12.6 Å². The molecule has 0 radical (unpaired) electrons. The predicted octanol–water partition coefficient (Wildman–Crippen LogP) is 2.37. The Kier molecular flexibility index (Phi) is 5.18. The van der Waals surface area contributed by atoms with Crippen LogP contribution in [0.25, 0.3) is 11.2 Å². The lowest BCUT2D eigenvalue weighted by Gasteiger charge is -2.15. The number of aliphatic hydroxyl groups is 1. The fourth-order valence-electron chi connectivity index (χ4n) is 3.44. The minimum atomic E-state index is -0.288. The monoisotopic (exact) mass is 333 g/mol. The fraction of sp³-hybridized carbons (Fsp3) is 0.706. The molecule has 2 heterocycles. The van der Waals surface area contributed by atoms with Crippen LogP contribution in [0.5, 0.6) is 0 Å². The third-order valence-electron chi connectivity index (χ3n) is 4.88. The first-order chi connectivity index (χ1) is 11.7. The standard InChI is InChI=1S/C17H27N5O2/c1-3-9-22-16-13(19-14(20-16)11-7-5-6-8-11)15(21-17(22)24)18-12(4-2)10-23/h11-12,23H,3-10H2,1-2H3,(H,19,20)(H,18,21,24). The number of rotatable bonds is 7. The number of fused-ring (bicyclic) bond motifs is 1. The van der Waals surface area contributed by atoms with E-state index in [0.717, 1.165) is 37.0 Å². The van der Waals surface area contributed by atoms with E-state index in [1.165, 1.54) is 12.8 Å². The maximum atomic E-state index is 12.4. The zero-order valence-corrected chi connectivity index (χ0v) is 14.5. The molecular weight excluding hydrogens is 306 g/mol. The van der Waals surface area contributed by atoms with Crippen molar-refractivity contribution in [2.75, 3.05) is 11.9 Å². The summed E-state index contributed by atoms with van der Waals surface area (Å²) in [4.78, 5) is 24.8. The van der Waals surface area contributed by atoms with Gasteiger partial charge in [0.15, 0.2) is 11.5 Å². The highest BCUT2D eigenvalue weighted by molar-refractivity contribution is 5.83. The van der Waals surface area contributed by atoms with Gasteiger partial charge in [0.25, 0.3) is 0 Å². The molecule has 0 bridgehead atoms. The van der Waals surface area contributed by atoms with Crippen molar-refractivity contribution in [3.63, 3.8) is 0 Å². The second kappa shape index (κ2) is 7.34. The summed E-state index contributed by atoms with van der Waals surface area (Å²) < 4.78 is 1.65. The number of imidazole rings is 1. The highest BCUT2D eigenvalue weighted by atomic mass is 16.3. The molecule has 1 saturated carbocycles. The van der Waals surface area contributed by atoms with E-state index < -0.39 is 0 Å². The van der Waals surface area contributed by atoms with Crippen molar-refractivity contribution in [2.24, 2.45) is 0 Å². The quantitative estimate of drug-likeness (QED) is 0.723. The van der Waals surface area contributed by atoms with Crippen LogP contribution in [-0.2, 0) is 6.54 Å². The summed E-state index contributed by atoms with van der Waals surface area (Å²) in [5.74, 6) is 1.90. The molecule has 3 N–H and O–H groups in total. The average molecular weight is 333 g/mol. The first kappa shape index (κ1) is 17.0. The van der Waals surface area contributed by atoms with Gasteiger partial charge in [-0.25, -0.2) is 9.78 Å². The van der Waals surface area contributed by atoms with E-state index in [0.29, 0.717) is 23.9 Å². The number of aliphatic hydroxyl groups excluding tert-OH is 1. The minimum absolute atomic E-state index is 0.00133. The number of H-pyrrole nitrogens is 1. The molecule has 3 rings (SSSR count). The molecule has 1 fully saturated rings. The molecule has 1 atom stereocenters. The normalized spacial score (nSPS) is 16.8. The predicted molar refractivity (Wildman–Crippen MR) is 94.4 cm³/mol. The van der Waals surface area contributed by atoms with Crippen molar-refractivity contribution in [3.05, 3.63) is 16.3 Å². The van der Waals surface area contributed by atoms with Crippen LogP contribution in [-0.4, -0.2) is 37.3 Å². The molecule has 1 aliphatic rings. The van der Waals surface area contributed by atoms with E-state index in [-0.39, 0.29) is 18.3 Å². The van der Waals surface area contributed by atoms with Crippen molar-refractivity contribution in [1.29, 1.82) is 0 Å². The van der Waals surface area contributed by atoms with Crippen molar-refractivity contribution in [3.8, 4) is 0 Å². The van der Waals surface area contributed by atoms with E-state index >= 15 is 0 Å². The van der Waals surface area contributed by atoms with Crippen LogP contribution in [0, 0.1) is 0 Å².